The van der Waals surface area contributed by atoms with Gasteiger partial charge in [0.2, 0.25) is 0 Å². The van der Waals surface area contributed by atoms with Crippen molar-refractivity contribution in [2.75, 3.05) is 6.61 Å². The third-order valence-electron chi connectivity index (χ3n) is 15.3. The first-order chi connectivity index (χ1) is 24.1. The molecule has 5 heterocycles. The molecule has 0 radical (unpaired) electrons. The van der Waals surface area contributed by atoms with Crippen molar-refractivity contribution in [3.8, 4) is 0 Å². The van der Waals surface area contributed by atoms with Crippen LogP contribution in [0.4, 0.5) is 0 Å². The van der Waals surface area contributed by atoms with Gasteiger partial charge in [0.1, 0.15) is 0 Å². The van der Waals surface area contributed by atoms with Gasteiger partial charge in [0.05, 0.1) is 25.4 Å². The molecule has 8 nitrogen and oxygen atoms in total. The predicted molar refractivity (Wildman–Crippen MR) is 206 cm³/mol. The zero-order valence-electron chi connectivity index (χ0n) is 31.3. The van der Waals surface area contributed by atoms with E-state index in [2.05, 4.69) is 110 Å². The van der Waals surface area contributed by atoms with E-state index in [9.17, 15) is 9.90 Å². The predicted octanol–water partition coefficient (Wildman–Crippen LogP) is 5.50. The first kappa shape index (κ1) is 37.5. The Hall–Kier alpha value is -0.820. The summed E-state index contributed by atoms with van der Waals surface area (Å²) in [6.07, 6.45) is 7.25. The molecule has 0 aromatic heterocycles. The molecule has 1 aromatic carbocycles. The fourth-order valence-electron chi connectivity index (χ4n) is 12.7. The second kappa shape index (κ2) is 15.9. The Bertz CT molecular complexity index is 1300. The van der Waals surface area contributed by atoms with E-state index in [1.165, 1.54) is 15.6 Å². The van der Waals surface area contributed by atoms with Gasteiger partial charge in [0.25, 0.3) is 6.47 Å². The van der Waals surface area contributed by atoms with Crippen LogP contribution in [-0.4, -0.2) is 78.7 Å². The highest BCUT2D eigenvalue weighted by molar-refractivity contribution is 14.1. The molecule has 5 aliphatic heterocycles. The Morgan fingerprint density at radius 1 is 0.860 bits per heavy atom. The minimum Gasteiger partial charge on any atom is -0.468 e. The zero-order chi connectivity index (χ0) is 35.3. The van der Waals surface area contributed by atoms with Crippen molar-refractivity contribution in [3.63, 3.8) is 0 Å². The molecule has 1 aromatic rings. The van der Waals surface area contributed by atoms with Gasteiger partial charge in [0, 0.05) is 63.7 Å². The van der Waals surface area contributed by atoms with E-state index >= 15 is 0 Å². The van der Waals surface area contributed by atoms with E-state index in [-0.39, 0.29) is 12.2 Å². The molecule has 5 saturated heterocycles. The van der Waals surface area contributed by atoms with Crippen LogP contribution in [0.25, 0.3) is 0 Å². The monoisotopic (exact) mass is 801 g/mol. The van der Waals surface area contributed by atoms with Crippen LogP contribution >= 0.6 is 22.6 Å². The first-order valence-electron chi connectivity index (χ1n) is 20.2. The molecular weight excluding hydrogens is 736 g/mol. The van der Waals surface area contributed by atoms with Crippen molar-refractivity contribution >= 4 is 29.1 Å². The summed E-state index contributed by atoms with van der Waals surface area (Å²) in [5.41, 5.74) is 1.25. The third-order valence-corrected chi connectivity index (χ3v) is 16.0. The molecule has 6 fully saturated rings. The van der Waals surface area contributed by atoms with Crippen molar-refractivity contribution < 1.29 is 19.4 Å². The highest BCUT2D eigenvalue weighted by Crippen LogP contribution is 2.50. The van der Waals surface area contributed by atoms with Gasteiger partial charge < -0.3 is 35.8 Å². The highest BCUT2D eigenvalue weighted by Gasteiger charge is 2.58. The normalized spacial score (nSPS) is 47.4. The van der Waals surface area contributed by atoms with Crippen molar-refractivity contribution in [1.29, 1.82) is 0 Å². The molecule has 50 heavy (non-hydrogen) atoms. The number of benzene rings is 1. The van der Waals surface area contributed by atoms with Crippen LogP contribution in [0.5, 0.6) is 0 Å². The van der Waals surface area contributed by atoms with E-state index in [0.29, 0.717) is 121 Å². The van der Waals surface area contributed by atoms with Crippen molar-refractivity contribution in [2.24, 2.45) is 53.3 Å². The number of fused-ring (bicyclic) bond motifs is 8. The highest BCUT2D eigenvalue weighted by atomic mass is 124. The van der Waals surface area contributed by atoms with Gasteiger partial charge >= 0.3 is 0 Å². The van der Waals surface area contributed by atoms with Crippen LogP contribution in [0.2, 0.25) is 0 Å². The molecule has 9 heteroatoms. The van der Waals surface area contributed by atoms with Gasteiger partial charge in [-0.1, -0.05) is 53.2 Å². The van der Waals surface area contributed by atoms with Gasteiger partial charge in [-0.15, -0.1) is 0 Å². The number of rotatable bonds is 10. The summed E-state index contributed by atoms with van der Waals surface area (Å²) in [6, 6.07) is 12.0. The molecule has 0 spiro atoms. The van der Waals surface area contributed by atoms with Crippen LogP contribution in [0.3, 0.4) is 0 Å². The van der Waals surface area contributed by atoms with Gasteiger partial charge in [-0.2, -0.15) is 0 Å². The quantitative estimate of drug-likeness (QED) is 0.120. The number of aliphatic hydroxyl groups excluding tert-OH is 1. The zero-order valence-corrected chi connectivity index (χ0v) is 33.4. The van der Waals surface area contributed by atoms with Gasteiger partial charge in [-0.25, -0.2) is 0 Å². The number of ether oxygens (including phenoxy) is 2. The number of halogens is 1. The van der Waals surface area contributed by atoms with E-state index < -0.39 is 0 Å². The molecule has 280 valence electrons. The van der Waals surface area contributed by atoms with Crippen LogP contribution in [-0.2, 0) is 20.9 Å². The Kier molecular flexibility index (Phi) is 11.9. The summed E-state index contributed by atoms with van der Waals surface area (Å²) in [5, 5.41) is 28.6. The number of hydrogen-bond acceptors (Lipinski definition) is 8. The number of hydrogen-bond donors (Lipinski definition) is 5. The summed E-state index contributed by atoms with van der Waals surface area (Å²) in [4.78, 5) is 11.0. The molecular formula is C41H65IN4O4. The molecule has 19 atom stereocenters. The molecule has 0 amide bonds. The fraction of sp³-hybridized carbons (Fsp3) is 0.829. The minimum absolute atomic E-state index is 0.145. The van der Waals surface area contributed by atoms with E-state index in [4.69, 9.17) is 9.47 Å². The Balaban J connectivity index is 1.18. The second-order valence-electron chi connectivity index (χ2n) is 17.6. The van der Waals surface area contributed by atoms with Gasteiger partial charge in [-0.05, 0) is 127 Å². The van der Waals surface area contributed by atoms with Gasteiger partial charge in [-0.3, -0.25) is 4.79 Å². The van der Waals surface area contributed by atoms with E-state index in [1.54, 1.807) is 0 Å². The Morgan fingerprint density at radius 2 is 1.52 bits per heavy atom. The smallest absolute Gasteiger partial charge is 0.293 e. The average molecular weight is 802 g/mol. The maximum absolute atomic E-state index is 11.6. The SMILES string of the molecule is CCC1C2CC3NC4C(CC(O)C4C3C)C3NC(CC4NC(CC(N2)C1C)C(C(C)OCc1cccc([124I])c1)C4C)[C@@H](C)[C@@H]3CCCOC=O. The Morgan fingerprint density at radius 3 is 2.28 bits per heavy atom. The van der Waals surface area contributed by atoms with E-state index in [0.717, 1.165) is 38.5 Å². The lowest BCUT2D eigenvalue weighted by atomic mass is 9.76. The molecule has 8 bridgehead atoms. The maximum atomic E-state index is 11.6. The molecule has 6 aliphatic rings. The van der Waals surface area contributed by atoms with Crippen LogP contribution < -0.4 is 21.3 Å². The maximum Gasteiger partial charge on any atom is 0.293 e. The largest absolute Gasteiger partial charge is 0.468 e. The summed E-state index contributed by atoms with van der Waals surface area (Å²) < 4.78 is 13.2. The fourth-order valence-corrected chi connectivity index (χ4v) is 13.3. The van der Waals surface area contributed by atoms with Crippen LogP contribution in [0, 0.1) is 56.8 Å². The number of carbonyl (C=O) groups excluding carboxylic acids is 1. The van der Waals surface area contributed by atoms with Crippen molar-refractivity contribution in [1.82, 2.24) is 21.3 Å². The van der Waals surface area contributed by atoms with Crippen LogP contribution in [0.15, 0.2) is 24.3 Å². The molecule has 7 rings (SSSR count). The average Bonchev–Trinajstić information content (AvgIpc) is 3.84. The van der Waals surface area contributed by atoms with Gasteiger partial charge in [0.15, 0.2) is 0 Å². The number of aliphatic hydroxyl groups is 1. The number of nitrogens with one attached hydrogen (secondary N) is 4. The molecule has 1 saturated carbocycles. The van der Waals surface area contributed by atoms with Crippen molar-refractivity contribution in [2.45, 2.75) is 154 Å². The first-order valence-corrected chi connectivity index (χ1v) is 21.3. The standard InChI is InChI=1S/C41H65IN4O4/c1-7-28-21(2)31-18-36-38(25(6)50-19-26-10-8-11-27(42)14-26)23(4)33(44-36)16-32-22(3)29(12-9-13-49-20-47)40(45-32)30-15-37(48)39-24(5)34(46-41(30)39)17-35(28)43-31/h8,10-11,14,20-25,28-41,43-46,48H,7,9,12-13,15-19H2,1-6H3/t21?,22-,23?,24?,25?,28?,29-,30?,31?,32?,33?,34?,35?,36?,37?,38?,39?,40?,41?/m0/s1/i42-3. The number of carbonyl (C=O) groups is 1. The lowest BCUT2D eigenvalue weighted by Crippen LogP contribution is -2.48. The second-order valence-corrected chi connectivity index (χ2v) is 18.9. The summed E-state index contributed by atoms with van der Waals surface area (Å²) in [6.45, 7) is 16.3. The summed E-state index contributed by atoms with van der Waals surface area (Å²) in [7, 11) is 0. The van der Waals surface area contributed by atoms with Crippen molar-refractivity contribution in [3.05, 3.63) is 33.4 Å². The lowest BCUT2D eigenvalue weighted by molar-refractivity contribution is -0.128. The van der Waals surface area contributed by atoms with E-state index in [1.807, 2.05) is 0 Å². The summed E-state index contributed by atoms with van der Waals surface area (Å²) in [5.74, 6) is 4.34. The summed E-state index contributed by atoms with van der Waals surface area (Å²) >= 11 is 2.40. The minimum atomic E-state index is -0.254. The Labute approximate surface area is 315 Å². The topological polar surface area (TPSA) is 104 Å². The lowest BCUT2D eigenvalue weighted by Gasteiger charge is -2.32. The molecule has 17 unspecified atom stereocenters. The molecule has 1 aliphatic carbocycles. The third kappa shape index (κ3) is 7.20. The van der Waals surface area contributed by atoms with Crippen LogP contribution in [0.1, 0.15) is 92.1 Å². The molecule has 5 N–H and O–H groups in total.